The van der Waals surface area contributed by atoms with Crippen LogP contribution in [0.15, 0.2) is 80.5 Å². The van der Waals surface area contributed by atoms with Crippen molar-refractivity contribution >= 4 is 29.0 Å². The lowest BCUT2D eigenvalue weighted by Gasteiger charge is -2.21. The molecule has 0 aliphatic carbocycles. The molecule has 0 aliphatic rings. The van der Waals surface area contributed by atoms with Gasteiger partial charge in [-0.3, -0.25) is 4.79 Å². The molecule has 4 rings (SSSR count). The molecular formula is C22H20N4O3S2. The first-order valence-electron chi connectivity index (χ1n) is 9.57. The average Bonchev–Trinajstić information content (AvgIpc) is 3.49. The summed E-state index contributed by atoms with van der Waals surface area (Å²) in [6.45, 7) is 0.959. The van der Waals surface area contributed by atoms with Crippen LogP contribution in [0.1, 0.15) is 16.2 Å². The topological polar surface area (TPSA) is 81.4 Å². The molecule has 0 fully saturated rings. The molecule has 158 valence electrons. The SMILES string of the molecule is COCCN(Cc1nnc(-c2cccs2)o1)C(=O)c1cccnc1Sc1ccccc1. The van der Waals surface area contributed by atoms with Crippen molar-refractivity contribution in [2.24, 2.45) is 0 Å². The van der Waals surface area contributed by atoms with Gasteiger partial charge in [-0.1, -0.05) is 36.0 Å². The summed E-state index contributed by atoms with van der Waals surface area (Å²) in [6.07, 6.45) is 1.69. The van der Waals surface area contributed by atoms with E-state index in [1.165, 1.54) is 23.1 Å². The van der Waals surface area contributed by atoms with Crippen LogP contribution in [0.3, 0.4) is 0 Å². The van der Waals surface area contributed by atoms with Crippen molar-refractivity contribution in [1.29, 1.82) is 0 Å². The number of carbonyl (C=O) groups excluding carboxylic acids is 1. The quantitative estimate of drug-likeness (QED) is 0.366. The number of ether oxygens (including phenoxy) is 1. The molecule has 3 heterocycles. The molecule has 1 aromatic carbocycles. The Kier molecular flexibility index (Phi) is 7.08. The summed E-state index contributed by atoms with van der Waals surface area (Å²) in [6, 6.07) is 17.2. The molecule has 1 amide bonds. The van der Waals surface area contributed by atoms with Gasteiger partial charge < -0.3 is 14.1 Å². The van der Waals surface area contributed by atoms with Crippen molar-refractivity contribution in [1.82, 2.24) is 20.1 Å². The molecule has 0 unspecified atom stereocenters. The monoisotopic (exact) mass is 452 g/mol. The van der Waals surface area contributed by atoms with Gasteiger partial charge in [0.1, 0.15) is 5.03 Å². The standard InChI is InChI=1S/C22H20N4O3S2/c1-28-13-12-26(15-19-24-25-20(29-19)18-10-6-14-30-18)22(27)17-9-5-11-23-21(17)31-16-7-3-2-4-8-16/h2-11,14H,12-13,15H2,1H3. The van der Waals surface area contributed by atoms with E-state index in [0.29, 0.717) is 35.5 Å². The molecule has 4 aromatic rings. The molecule has 0 saturated heterocycles. The fraction of sp³-hybridized carbons (Fsp3) is 0.182. The third kappa shape index (κ3) is 5.38. The van der Waals surface area contributed by atoms with Crippen molar-refractivity contribution in [3.8, 4) is 10.8 Å². The number of hydrogen-bond acceptors (Lipinski definition) is 8. The zero-order chi connectivity index (χ0) is 21.5. The molecule has 0 N–H and O–H groups in total. The summed E-state index contributed by atoms with van der Waals surface area (Å²) in [5.74, 6) is 0.652. The number of rotatable bonds is 9. The van der Waals surface area contributed by atoms with E-state index in [9.17, 15) is 4.79 Å². The Hall–Kier alpha value is -3.01. The molecule has 3 aromatic heterocycles. The van der Waals surface area contributed by atoms with Crippen molar-refractivity contribution in [2.45, 2.75) is 16.5 Å². The fourth-order valence-electron chi connectivity index (χ4n) is 2.84. The average molecular weight is 453 g/mol. The number of benzene rings is 1. The maximum Gasteiger partial charge on any atom is 0.257 e. The molecule has 9 heteroatoms. The van der Waals surface area contributed by atoms with E-state index >= 15 is 0 Å². The second-order valence-corrected chi connectivity index (χ2v) is 8.48. The maximum atomic E-state index is 13.4. The van der Waals surface area contributed by atoms with E-state index in [4.69, 9.17) is 9.15 Å². The van der Waals surface area contributed by atoms with Crippen molar-refractivity contribution in [3.05, 3.63) is 77.6 Å². The van der Waals surface area contributed by atoms with Crippen molar-refractivity contribution < 1.29 is 13.9 Å². The highest BCUT2D eigenvalue weighted by Gasteiger charge is 2.23. The molecule has 7 nitrogen and oxygen atoms in total. The number of aromatic nitrogens is 3. The molecule has 31 heavy (non-hydrogen) atoms. The Morgan fingerprint density at radius 2 is 2.00 bits per heavy atom. The van der Waals surface area contributed by atoms with Crippen LogP contribution in [0.25, 0.3) is 10.8 Å². The molecule has 0 radical (unpaired) electrons. The summed E-state index contributed by atoms with van der Waals surface area (Å²) in [5, 5.41) is 10.8. The molecule has 0 bridgehead atoms. The third-order valence-corrected chi connectivity index (χ3v) is 6.22. The molecule has 0 saturated carbocycles. The number of hydrogen-bond donors (Lipinski definition) is 0. The van der Waals surface area contributed by atoms with Crippen molar-refractivity contribution in [3.63, 3.8) is 0 Å². The fourth-order valence-corrected chi connectivity index (χ4v) is 4.38. The van der Waals surface area contributed by atoms with Gasteiger partial charge in [-0.25, -0.2) is 4.98 Å². The minimum absolute atomic E-state index is 0.167. The number of nitrogens with zero attached hydrogens (tertiary/aromatic N) is 4. The highest BCUT2D eigenvalue weighted by atomic mass is 32.2. The van der Waals surface area contributed by atoms with Crippen LogP contribution in [0.4, 0.5) is 0 Å². The van der Waals surface area contributed by atoms with E-state index in [2.05, 4.69) is 15.2 Å². The van der Waals surface area contributed by atoms with E-state index < -0.39 is 0 Å². The lowest BCUT2D eigenvalue weighted by Crippen LogP contribution is -2.34. The Bertz CT molecular complexity index is 1120. The predicted molar refractivity (Wildman–Crippen MR) is 119 cm³/mol. The largest absolute Gasteiger partial charge is 0.418 e. The van der Waals surface area contributed by atoms with Crippen LogP contribution in [-0.4, -0.2) is 46.2 Å². The highest BCUT2D eigenvalue weighted by molar-refractivity contribution is 7.99. The minimum atomic E-state index is -0.167. The molecule has 0 aliphatic heterocycles. The number of amides is 1. The summed E-state index contributed by atoms with van der Waals surface area (Å²) < 4.78 is 11.0. The lowest BCUT2D eigenvalue weighted by molar-refractivity contribution is 0.0659. The van der Waals surface area contributed by atoms with Crippen LogP contribution in [-0.2, 0) is 11.3 Å². The van der Waals surface area contributed by atoms with E-state index in [0.717, 1.165) is 9.77 Å². The van der Waals surface area contributed by atoms with Gasteiger partial charge >= 0.3 is 0 Å². The second kappa shape index (κ2) is 10.3. The molecule has 0 spiro atoms. The van der Waals surface area contributed by atoms with Crippen LogP contribution < -0.4 is 0 Å². The summed E-state index contributed by atoms with van der Waals surface area (Å²) in [4.78, 5) is 21.4. The van der Waals surface area contributed by atoms with Gasteiger partial charge in [-0.2, -0.15) is 0 Å². The van der Waals surface area contributed by atoms with Crippen LogP contribution >= 0.6 is 23.1 Å². The number of pyridine rings is 1. The van der Waals surface area contributed by atoms with Crippen molar-refractivity contribution in [2.75, 3.05) is 20.3 Å². The first-order valence-corrected chi connectivity index (χ1v) is 11.3. The van der Waals surface area contributed by atoms with Gasteiger partial charge in [0.2, 0.25) is 5.89 Å². The number of carbonyl (C=O) groups is 1. The van der Waals surface area contributed by atoms with E-state index in [1.807, 2.05) is 47.8 Å². The van der Waals surface area contributed by atoms with Gasteiger partial charge in [0, 0.05) is 24.7 Å². The van der Waals surface area contributed by atoms with Crippen LogP contribution in [0, 0.1) is 0 Å². The first kappa shape index (κ1) is 21.2. The predicted octanol–water partition coefficient (Wildman–Crippen LogP) is 4.63. The Balaban J connectivity index is 1.56. The Labute approximate surface area is 188 Å². The Morgan fingerprint density at radius 3 is 2.77 bits per heavy atom. The van der Waals surface area contributed by atoms with Gasteiger partial charge in [-0.15, -0.1) is 21.5 Å². The van der Waals surface area contributed by atoms with Gasteiger partial charge in [0.05, 0.1) is 23.6 Å². The van der Waals surface area contributed by atoms with Gasteiger partial charge in [-0.05, 0) is 35.7 Å². The van der Waals surface area contributed by atoms with Gasteiger partial charge in [0.15, 0.2) is 0 Å². The van der Waals surface area contributed by atoms with E-state index in [1.54, 1.807) is 30.3 Å². The number of thiophene rings is 1. The smallest absolute Gasteiger partial charge is 0.257 e. The zero-order valence-electron chi connectivity index (χ0n) is 16.8. The summed E-state index contributed by atoms with van der Waals surface area (Å²) in [7, 11) is 1.60. The Morgan fingerprint density at radius 1 is 1.13 bits per heavy atom. The summed E-state index contributed by atoms with van der Waals surface area (Å²) >= 11 is 2.97. The second-order valence-electron chi connectivity index (χ2n) is 6.47. The third-order valence-electron chi connectivity index (χ3n) is 4.34. The van der Waals surface area contributed by atoms with Crippen LogP contribution in [0.2, 0.25) is 0 Å². The van der Waals surface area contributed by atoms with Gasteiger partial charge in [0.25, 0.3) is 11.8 Å². The highest BCUT2D eigenvalue weighted by Crippen LogP contribution is 2.29. The normalized spacial score (nSPS) is 10.9. The minimum Gasteiger partial charge on any atom is -0.418 e. The molecular weight excluding hydrogens is 432 g/mol. The number of methoxy groups -OCH3 is 1. The van der Waals surface area contributed by atoms with Crippen LogP contribution in [0.5, 0.6) is 0 Å². The zero-order valence-corrected chi connectivity index (χ0v) is 18.4. The summed E-state index contributed by atoms with van der Waals surface area (Å²) in [5.41, 5.74) is 0.519. The first-order chi connectivity index (χ1) is 15.2. The lowest BCUT2D eigenvalue weighted by atomic mass is 10.2. The van der Waals surface area contributed by atoms with E-state index in [-0.39, 0.29) is 12.5 Å². The maximum absolute atomic E-state index is 13.4. The molecule has 0 atom stereocenters.